The predicted octanol–water partition coefficient (Wildman–Crippen LogP) is -0.105. The van der Waals surface area contributed by atoms with Gasteiger partial charge in [0, 0.05) is 0 Å². The Morgan fingerprint density at radius 1 is 1.62 bits per heavy atom. The largest absolute Gasteiger partial charge is 0.487 e. The minimum atomic E-state index is -0.331. The first-order valence-electron chi connectivity index (χ1n) is 5.23. The summed E-state index contributed by atoms with van der Waals surface area (Å²) in [5.41, 5.74) is 5.19. The summed E-state index contributed by atoms with van der Waals surface area (Å²) in [4.78, 5) is 17.7. The molecule has 1 saturated carbocycles. The van der Waals surface area contributed by atoms with Crippen molar-refractivity contribution in [2.75, 3.05) is 13.7 Å². The lowest BCUT2D eigenvalue weighted by Crippen LogP contribution is -2.38. The number of H-pyrrole nitrogens is 1. The third kappa shape index (κ3) is 2.01. The van der Waals surface area contributed by atoms with E-state index in [1.165, 1.54) is 13.4 Å². The smallest absolute Gasteiger partial charge is 0.297 e. The highest BCUT2D eigenvalue weighted by Gasteiger charge is 2.31. The molecule has 0 saturated heterocycles. The molecule has 0 atom stereocenters. The number of hydrogen-bond acceptors (Lipinski definition) is 5. The molecule has 0 unspecified atom stereocenters. The Balaban J connectivity index is 2.05. The van der Waals surface area contributed by atoms with Gasteiger partial charge >= 0.3 is 0 Å². The maximum atomic E-state index is 11.4. The van der Waals surface area contributed by atoms with Gasteiger partial charge in [-0.05, 0) is 25.3 Å². The van der Waals surface area contributed by atoms with Crippen LogP contribution in [0.15, 0.2) is 11.1 Å². The molecule has 0 aliphatic heterocycles. The van der Waals surface area contributed by atoms with Crippen molar-refractivity contribution in [2.45, 2.75) is 18.9 Å². The molecule has 0 aromatic carbocycles. The minimum absolute atomic E-state index is 0.0942. The molecule has 0 spiro atoms. The molecule has 0 radical (unpaired) electrons. The number of ether oxygens (including phenoxy) is 2. The maximum Gasteiger partial charge on any atom is 0.297 e. The zero-order valence-electron chi connectivity index (χ0n) is 9.10. The molecule has 1 aromatic rings. The number of hydrogen-bond donors (Lipinski definition) is 2. The quantitative estimate of drug-likeness (QED) is 0.746. The van der Waals surface area contributed by atoms with Crippen molar-refractivity contribution in [1.82, 2.24) is 9.97 Å². The number of aromatic nitrogens is 2. The van der Waals surface area contributed by atoms with Gasteiger partial charge in [-0.2, -0.15) is 0 Å². The Morgan fingerprint density at radius 2 is 2.38 bits per heavy atom. The van der Waals surface area contributed by atoms with E-state index in [4.69, 9.17) is 15.2 Å². The van der Waals surface area contributed by atoms with Crippen LogP contribution in [0, 0.1) is 5.92 Å². The number of nitrogens with zero attached hydrogens (tertiary/aromatic N) is 1. The molecule has 1 aromatic heterocycles. The van der Waals surface area contributed by atoms with Crippen LogP contribution in [0.25, 0.3) is 0 Å². The molecule has 6 nitrogen and oxygen atoms in total. The summed E-state index contributed by atoms with van der Waals surface area (Å²) in [6, 6.07) is 0. The van der Waals surface area contributed by atoms with E-state index in [9.17, 15) is 4.79 Å². The Bertz CT molecular complexity index is 412. The van der Waals surface area contributed by atoms with Crippen LogP contribution >= 0.6 is 0 Å². The molecule has 0 bridgehead atoms. The van der Waals surface area contributed by atoms with Gasteiger partial charge in [-0.25, -0.2) is 4.98 Å². The summed E-state index contributed by atoms with van der Waals surface area (Å²) in [5.74, 6) is 0.906. The lowest BCUT2D eigenvalue weighted by atomic mass is 9.82. The predicted molar refractivity (Wildman–Crippen MR) is 57.6 cm³/mol. The van der Waals surface area contributed by atoms with Gasteiger partial charge in [0.25, 0.3) is 11.4 Å². The Morgan fingerprint density at radius 3 is 3.00 bits per heavy atom. The summed E-state index contributed by atoms with van der Waals surface area (Å²) in [6.45, 7) is 0.680. The van der Waals surface area contributed by atoms with E-state index in [0.29, 0.717) is 12.5 Å². The molecule has 0 amide bonds. The van der Waals surface area contributed by atoms with Gasteiger partial charge in [0.05, 0.1) is 13.4 Å². The van der Waals surface area contributed by atoms with Crippen molar-refractivity contribution in [3.8, 4) is 11.6 Å². The molecule has 6 heteroatoms. The molecule has 1 aliphatic carbocycles. The van der Waals surface area contributed by atoms with Gasteiger partial charge < -0.3 is 20.2 Å². The third-order valence-corrected chi connectivity index (χ3v) is 2.79. The zero-order valence-corrected chi connectivity index (χ0v) is 9.10. The molecular formula is C10H15N3O3. The van der Waals surface area contributed by atoms with Crippen LogP contribution in [-0.2, 0) is 0 Å². The fraction of sp³-hybridized carbons (Fsp3) is 0.600. The van der Waals surface area contributed by atoms with E-state index < -0.39 is 0 Å². The number of rotatable bonds is 4. The Kier molecular flexibility index (Phi) is 3.09. The molecule has 1 heterocycles. The topological polar surface area (TPSA) is 90.2 Å². The van der Waals surface area contributed by atoms with Crippen LogP contribution in [0.5, 0.6) is 11.6 Å². The fourth-order valence-electron chi connectivity index (χ4n) is 1.76. The number of aromatic amines is 1. The number of nitrogens with one attached hydrogen (secondary N) is 1. The highest BCUT2D eigenvalue weighted by atomic mass is 16.5. The maximum absolute atomic E-state index is 11.4. The van der Waals surface area contributed by atoms with Crippen molar-refractivity contribution < 1.29 is 9.47 Å². The summed E-state index contributed by atoms with van der Waals surface area (Å²) in [5, 5.41) is 0. The van der Waals surface area contributed by atoms with Gasteiger partial charge in [0.15, 0.2) is 0 Å². The lowest BCUT2D eigenvalue weighted by Gasteiger charge is -2.34. The SMILES string of the molecule is COc1c(OC2CC(CN)C2)nc[nH]c1=O. The Hall–Kier alpha value is -1.56. The minimum Gasteiger partial charge on any atom is -0.487 e. The van der Waals surface area contributed by atoms with Crippen LogP contribution in [0.4, 0.5) is 0 Å². The highest BCUT2D eigenvalue weighted by molar-refractivity contribution is 5.29. The van der Waals surface area contributed by atoms with Gasteiger partial charge in [0.1, 0.15) is 6.10 Å². The molecule has 88 valence electrons. The van der Waals surface area contributed by atoms with E-state index >= 15 is 0 Å². The molecule has 2 rings (SSSR count). The van der Waals surface area contributed by atoms with Crippen molar-refractivity contribution >= 4 is 0 Å². The average Bonchev–Trinajstić information content (AvgIpc) is 2.23. The summed E-state index contributed by atoms with van der Waals surface area (Å²) >= 11 is 0. The van der Waals surface area contributed by atoms with Gasteiger partial charge in [-0.3, -0.25) is 4.79 Å². The number of methoxy groups -OCH3 is 1. The van der Waals surface area contributed by atoms with Crippen LogP contribution in [-0.4, -0.2) is 29.7 Å². The molecule has 16 heavy (non-hydrogen) atoms. The first-order valence-corrected chi connectivity index (χ1v) is 5.23. The van der Waals surface area contributed by atoms with Crippen molar-refractivity contribution in [3.05, 3.63) is 16.7 Å². The normalized spacial score (nSPS) is 23.6. The fourth-order valence-corrected chi connectivity index (χ4v) is 1.76. The standard InChI is InChI=1S/C10H15N3O3/c1-15-8-9(14)12-5-13-10(8)16-7-2-6(3-7)4-11/h5-7H,2-4,11H2,1H3,(H,12,13,14). The molecule has 1 fully saturated rings. The van der Waals surface area contributed by atoms with Gasteiger partial charge in [0.2, 0.25) is 5.75 Å². The van der Waals surface area contributed by atoms with Crippen molar-refractivity contribution in [3.63, 3.8) is 0 Å². The van der Waals surface area contributed by atoms with Crippen LogP contribution < -0.4 is 20.8 Å². The zero-order chi connectivity index (χ0) is 11.5. The van der Waals surface area contributed by atoms with Crippen LogP contribution in [0.3, 0.4) is 0 Å². The third-order valence-electron chi connectivity index (χ3n) is 2.79. The van der Waals surface area contributed by atoms with E-state index in [-0.39, 0.29) is 23.3 Å². The second-order valence-corrected chi connectivity index (χ2v) is 3.88. The Labute approximate surface area is 92.8 Å². The number of nitrogens with two attached hydrogens (primary N) is 1. The van der Waals surface area contributed by atoms with Crippen LogP contribution in [0.1, 0.15) is 12.8 Å². The van der Waals surface area contributed by atoms with Gasteiger partial charge in [-0.15, -0.1) is 0 Å². The molecular weight excluding hydrogens is 210 g/mol. The van der Waals surface area contributed by atoms with E-state index in [1.54, 1.807) is 0 Å². The van der Waals surface area contributed by atoms with Crippen LogP contribution in [0.2, 0.25) is 0 Å². The molecule has 1 aliphatic rings. The van der Waals surface area contributed by atoms with Crippen molar-refractivity contribution in [1.29, 1.82) is 0 Å². The first-order chi connectivity index (χ1) is 7.74. The summed E-state index contributed by atoms with van der Waals surface area (Å²) in [6.07, 6.45) is 3.22. The van der Waals surface area contributed by atoms with Gasteiger partial charge in [-0.1, -0.05) is 0 Å². The van der Waals surface area contributed by atoms with Crippen molar-refractivity contribution in [2.24, 2.45) is 11.7 Å². The van der Waals surface area contributed by atoms with E-state index in [2.05, 4.69) is 9.97 Å². The molecule has 3 N–H and O–H groups in total. The average molecular weight is 225 g/mol. The van der Waals surface area contributed by atoms with E-state index in [0.717, 1.165) is 12.8 Å². The lowest BCUT2D eigenvalue weighted by molar-refractivity contribution is 0.0616. The first kappa shape index (κ1) is 10.9. The van der Waals surface area contributed by atoms with E-state index in [1.807, 2.05) is 0 Å². The summed E-state index contributed by atoms with van der Waals surface area (Å²) in [7, 11) is 1.42. The monoisotopic (exact) mass is 225 g/mol. The second kappa shape index (κ2) is 4.52. The second-order valence-electron chi connectivity index (χ2n) is 3.88. The summed E-state index contributed by atoms with van der Waals surface area (Å²) < 4.78 is 10.5. The highest BCUT2D eigenvalue weighted by Crippen LogP contribution is 2.31.